The topological polar surface area (TPSA) is 49.3 Å². The third-order valence-corrected chi connectivity index (χ3v) is 3.01. The third-order valence-electron chi connectivity index (χ3n) is 2.69. The Morgan fingerprint density at radius 3 is 2.10 bits per heavy atom. The highest BCUT2D eigenvalue weighted by atomic mass is 32.1. The van der Waals surface area contributed by atoms with E-state index in [4.69, 9.17) is 12.2 Å². The molecule has 0 fully saturated rings. The van der Waals surface area contributed by atoms with Crippen molar-refractivity contribution in [1.29, 1.82) is 0 Å². The molecule has 0 aliphatic carbocycles. The number of hydrogen-bond acceptors (Lipinski definition) is 3. The Labute approximate surface area is 122 Å². The van der Waals surface area contributed by atoms with Crippen LogP contribution in [0, 0.1) is 0 Å². The van der Waals surface area contributed by atoms with Crippen LogP contribution < -0.4 is 5.32 Å². The van der Waals surface area contributed by atoms with Gasteiger partial charge in [-0.1, -0.05) is 60.7 Å². The van der Waals surface area contributed by atoms with Gasteiger partial charge in [-0.05, 0) is 12.1 Å². The van der Waals surface area contributed by atoms with E-state index in [1.54, 1.807) is 24.3 Å². The van der Waals surface area contributed by atoms with Crippen LogP contribution in [0.15, 0.2) is 72.5 Å². The molecule has 0 saturated carbocycles. The van der Waals surface area contributed by atoms with Crippen LogP contribution in [0.3, 0.4) is 0 Å². The average molecular weight is 283 g/mol. The summed E-state index contributed by atoms with van der Waals surface area (Å²) < 4.78 is 0. The molecule has 0 radical (unpaired) electrons. The molecule has 0 unspecified atom stereocenters. The van der Waals surface area contributed by atoms with Crippen LogP contribution >= 0.6 is 12.2 Å². The maximum atomic E-state index is 12.3. The lowest BCUT2D eigenvalue weighted by Gasteiger charge is -2.10. The average Bonchev–Trinajstić information content (AvgIpc) is 2.49. The number of hydrogen-bond donors (Lipinski definition) is 2. The van der Waals surface area contributed by atoms with Gasteiger partial charge in [0.05, 0.1) is 11.8 Å². The number of thiocarbonyl (C=S) groups is 1. The van der Waals surface area contributed by atoms with E-state index in [-0.39, 0.29) is 16.3 Å². The molecule has 0 amide bonds. The van der Waals surface area contributed by atoms with Crippen LogP contribution in [-0.2, 0) is 0 Å². The monoisotopic (exact) mass is 283 g/mol. The first-order valence-electron chi connectivity index (χ1n) is 6.03. The predicted octanol–water partition coefficient (Wildman–Crippen LogP) is 3.75. The van der Waals surface area contributed by atoms with Crippen molar-refractivity contribution in [2.24, 2.45) is 0 Å². The summed E-state index contributed by atoms with van der Waals surface area (Å²) in [6.07, 6.45) is 0.744. The van der Waals surface area contributed by atoms with Crippen molar-refractivity contribution in [2.45, 2.75) is 0 Å². The molecule has 0 aromatic heterocycles. The smallest absolute Gasteiger partial charge is 0.199 e. The van der Waals surface area contributed by atoms with Gasteiger partial charge in [0, 0.05) is 11.3 Å². The second kappa shape index (κ2) is 6.63. The van der Waals surface area contributed by atoms with Crippen LogP contribution in [0.1, 0.15) is 10.4 Å². The normalized spacial score (nSPS) is 10.9. The number of Topliss-reactive ketones (excluding diaryl/α,β-unsaturated/α-hetero) is 1. The number of para-hydroxylation sites is 1. The van der Waals surface area contributed by atoms with Crippen molar-refractivity contribution in [3.05, 3.63) is 78.1 Å². The van der Waals surface area contributed by atoms with Crippen molar-refractivity contribution in [3.63, 3.8) is 0 Å². The minimum Gasteiger partial charge on any atom is -0.515 e. The molecule has 0 aliphatic heterocycles. The minimum absolute atomic E-state index is 0.0649. The molecule has 100 valence electrons. The highest BCUT2D eigenvalue weighted by Crippen LogP contribution is 2.13. The van der Waals surface area contributed by atoms with Crippen molar-refractivity contribution < 1.29 is 9.90 Å². The van der Waals surface area contributed by atoms with Gasteiger partial charge in [0.25, 0.3) is 0 Å². The van der Waals surface area contributed by atoms with Crippen LogP contribution in [-0.4, -0.2) is 15.9 Å². The van der Waals surface area contributed by atoms with E-state index in [9.17, 15) is 9.90 Å². The number of nitrogens with one attached hydrogen (secondary N) is 1. The van der Waals surface area contributed by atoms with Crippen molar-refractivity contribution in [3.8, 4) is 0 Å². The molecule has 0 bridgehead atoms. The van der Waals surface area contributed by atoms with E-state index in [1.807, 2.05) is 36.4 Å². The van der Waals surface area contributed by atoms with Gasteiger partial charge in [-0.15, -0.1) is 0 Å². The van der Waals surface area contributed by atoms with E-state index in [1.165, 1.54) is 0 Å². The van der Waals surface area contributed by atoms with Crippen molar-refractivity contribution in [1.82, 2.24) is 0 Å². The lowest BCUT2D eigenvalue weighted by molar-refractivity contribution is 0.103. The zero-order chi connectivity index (χ0) is 14.4. The Balaban J connectivity index is 2.17. The van der Waals surface area contributed by atoms with E-state index in [0.29, 0.717) is 5.56 Å². The van der Waals surface area contributed by atoms with E-state index in [2.05, 4.69) is 5.32 Å². The highest BCUT2D eigenvalue weighted by molar-refractivity contribution is 7.81. The maximum absolute atomic E-state index is 12.3. The first kappa shape index (κ1) is 14.0. The van der Waals surface area contributed by atoms with E-state index >= 15 is 0 Å². The standard InChI is InChI=1S/C16H13NO2S/c18-11-14(15(19)12-7-3-1-4-8-12)16(20)17-13-9-5-2-6-10-13/h1-11,18H,(H,17,20)/b14-11-. The minimum atomic E-state index is -0.318. The van der Waals surface area contributed by atoms with Gasteiger partial charge in [-0.25, -0.2) is 0 Å². The van der Waals surface area contributed by atoms with Gasteiger partial charge in [-0.2, -0.15) is 0 Å². The Morgan fingerprint density at radius 1 is 1.00 bits per heavy atom. The van der Waals surface area contributed by atoms with E-state index in [0.717, 1.165) is 11.9 Å². The summed E-state index contributed by atoms with van der Waals surface area (Å²) in [4.78, 5) is 12.4. The summed E-state index contributed by atoms with van der Waals surface area (Å²) in [5.74, 6) is -0.318. The maximum Gasteiger partial charge on any atom is 0.199 e. The second-order valence-corrected chi connectivity index (χ2v) is 4.47. The van der Waals surface area contributed by atoms with E-state index < -0.39 is 0 Å². The number of aliphatic hydroxyl groups is 1. The molecule has 2 rings (SSSR count). The first-order chi connectivity index (χ1) is 9.72. The van der Waals surface area contributed by atoms with Gasteiger partial charge < -0.3 is 10.4 Å². The Bertz CT molecular complexity index is 636. The van der Waals surface area contributed by atoms with Gasteiger partial charge in [0.1, 0.15) is 4.99 Å². The summed E-state index contributed by atoms with van der Waals surface area (Å²) in [5, 5.41) is 12.2. The molecular formula is C16H13NO2S. The summed E-state index contributed by atoms with van der Waals surface area (Å²) >= 11 is 5.17. The fourth-order valence-corrected chi connectivity index (χ4v) is 1.95. The number of ketones is 1. The summed E-state index contributed by atoms with van der Waals surface area (Å²) in [7, 11) is 0. The fourth-order valence-electron chi connectivity index (χ4n) is 1.69. The molecule has 0 heterocycles. The van der Waals surface area contributed by atoms with Crippen molar-refractivity contribution >= 4 is 28.7 Å². The predicted molar refractivity (Wildman–Crippen MR) is 84.1 cm³/mol. The zero-order valence-electron chi connectivity index (χ0n) is 10.6. The van der Waals surface area contributed by atoms with Gasteiger partial charge in [0.2, 0.25) is 0 Å². The molecule has 2 aromatic carbocycles. The number of rotatable bonds is 4. The van der Waals surface area contributed by atoms with Crippen LogP contribution in [0.4, 0.5) is 5.69 Å². The van der Waals surface area contributed by atoms with Crippen LogP contribution in [0.5, 0.6) is 0 Å². The SMILES string of the molecule is O=C(/C(=C/O)C(=S)Nc1ccccc1)c1ccccc1. The molecule has 3 nitrogen and oxygen atoms in total. The molecule has 2 N–H and O–H groups in total. The van der Waals surface area contributed by atoms with Gasteiger partial charge >= 0.3 is 0 Å². The number of benzene rings is 2. The first-order valence-corrected chi connectivity index (χ1v) is 6.43. The zero-order valence-corrected chi connectivity index (χ0v) is 11.4. The molecule has 0 atom stereocenters. The van der Waals surface area contributed by atoms with Crippen molar-refractivity contribution in [2.75, 3.05) is 5.32 Å². The number of anilines is 1. The molecule has 20 heavy (non-hydrogen) atoms. The molecule has 0 spiro atoms. The third kappa shape index (κ3) is 3.30. The number of carbonyl (C=O) groups is 1. The molecule has 0 saturated heterocycles. The Hall–Kier alpha value is -2.46. The Morgan fingerprint density at radius 2 is 1.55 bits per heavy atom. The van der Waals surface area contributed by atoms with Crippen LogP contribution in [0.2, 0.25) is 0 Å². The lowest BCUT2D eigenvalue weighted by Crippen LogP contribution is -2.19. The molecule has 0 aliphatic rings. The van der Waals surface area contributed by atoms with Gasteiger partial charge in [-0.3, -0.25) is 4.79 Å². The highest BCUT2D eigenvalue weighted by Gasteiger charge is 2.16. The summed E-state index contributed by atoms with van der Waals surface area (Å²) in [5.41, 5.74) is 1.30. The molecule has 4 heteroatoms. The van der Waals surface area contributed by atoms with Gasteiger partial charge in [0.15, 0.2) is 5.78 Å². The molecular weight excluding hydrogens is 270 g/mol. The Kier molecular flexibility index (Phi) is 4.63. The lowest BCUT2D eigenvalue weighted by atomic mass is 10.0. The quantitative estimate of drug-likeness (QED) is 0.388. The number of aliphatic hydroxyl groups excluding tert-OH is 1. The fraction of sp³-hybridized carbons (Fsp3) is 0. The van der Waals surface area contributed by atoms with Crippen LogP contribution in [0.25, 0.3) is 0 Å². The largest absolute Gasteiger partial charge is 0.515 e. The molecule has 2 aromatic rings. The summed E-state index contributed by atoms with van der Waals surface area (Å²) in [6, 6.07) is 17.9. The second-order valence-electron chi connectivity index (χ2n) is 4.06. The summed E-state index contributed by atoms with van der Waals surface area (Å²) in [6.45, 7) is 0. The number of carbonyl (C=O) groups excluding carboxylic acids is 1.